The first-order chi connectivity index (χ1) is 5.55. The summed E-state index contributed by atoms with van der Waals surface area (Å²) in [6.45, 7) is 4.77. The Balaban J connectivity index is 2.28. The molecule has 0 aromatic heterocycles. The van der Waals surface area contributed by atoms with Crippen molar-refractivity contribution in [2.45, 2.75) is 51.2 Å². The van der Waals surface area contributed by atoms with Crippen LogP contribution in [0.3, 0.4) is 0 Å². The molecule has 0 heterocycles. The van der Waals surface area contributed by atoms with Crippen LogP contribution in [0.15, 0.2) is 0 Å². The maximum atomic E-state index is 9.82. The third-order valence-electron chi connectivity index (χ3n) is 3.05. The van der Waals surface area contributed by atoms with E-state index < -0.39 is 5.60 Å². The van der Waals surface area contributed by atoms with Gasteiger partial charge in [-0.1, -0.05) is 13.3 Å². The lowest BCUT2D eigenvalue weighted by Crippen LogP contribution is -2.45. The van der Waals surface area contributed by atoms with E-state index in [2.05, 4.69) is 11.9 Å². The number of rotatable bonds is 4. The Bertz CT molecular complexity index is 141. The highest BCUT2D eigenvalue weighted by Gasteiger charge is 2.27. The molecule has 0 aromatic carbocycles. The molecule has 72 valence electrons. The predicted molar refractivity (Wildman–Crippen MR) is 51.2 cm³/mol. The van der Waals surface area contributed by atoms with Crippen molar-refractivity contribution in [3.05, 3.63) is 0 Å². The second-order valence-electron chi connectivity index (χ2n) is 4.35. The fourth-order valence-corrected chi connectivity index (χ4v) is 1.61. The van der Waals surface area contributed by atoms with Crippen molar-refractivity contribution < 1.29 is 5.11 Å². The van der Waals surface area contributed by atoms with Gasteiger partial charge < -0.3 is 10.0 Å². The molecule has 2 nitrogen and oxygen atoms in total. The number of likely N-dealkylation sites (N-methyl/N-ethyl adjacent to an activating group) is 1. The van der Waals surface area contributed by atoms with Gasteiger partial charge >= 0.3 is 0 Å². The highest BCUT2D eigenvalue weighted by Crippen LogP contribution is 2.25. The van der Waals surface area contributed by atoms with Gasteiger partial charge in [0, 0.05) is 12.6 Å². The Labute approximate surface area is 75.6 Å². The molecule has 0 amide bonds. The second kappa shape index (κ2) is 3.75. The average molecular weight is 171 g/mol. The lowest BCUT2D eigenvalue weighted by molar-refractivity contribution is 0.000920. The zero-order valence-electron chi connectivity index (χ0n) is 8.51. The van der Waals surface area contributed by atoms with Gasteiger partial charge in [-0.2, -0.15) is 0 Å². The summed E-state index contributed by atoms with van der Waals surface area (Å²) in [5.41, 5.74) is -0.496. The highest BCUT2D eigenvalue weighted by molar-refractivity contribution is 4.83. The molecular weight excluding hydrogens is 150 g/mol. The first-order valence-corrected chi connectivity index (χ1v) is 4.98. The summed E-state index contributed by atoms with van der Waals surface area (Å²) < 4.78 is 0. The number of hydrogen-bond acceptors (Lipinski definition) is 2. The molecule has 12 heavy (non-hydrogen) atoms. The highest BCUT2D eigenvalue weighted by atomic mass is 16.3. The summed E-state index contributed by atoms with van der Waals surface area (Å²) in [6, 6.07) is 0.739. The van der Waals surface area contributed by atoms with Crippen LogP contribution < -0.4 is 0 Å². The van der Waals surface area contributed by atoms with Crippen LogP contribution in [0.5, 0.6) is 0 Å². The van der Waals surface area contributed by atoms with E-state index in [0.717, 1.165) is 19.0 Å². The van der Waals surface area contributed by atoms with Crippen LogP contribution in [0, 0.1) is 0 Å². The zero-order chi connectivity index (χ0) is 9.19. The van der Waals surface area contributed by atoms with Gasteiger partial charge in [0.1, 0.15) is 0 Å². The summed E-state index contributed by atoms with van der Waals surface area (Å²) in [7, 11) is 2.12. The van der Waals surface area contributed by atoms with Gasteiger partial charge in [-0.15, -0.1) is 0 Å². The predicted octanol–water partition coefficient (Wildman–Crippen LogP) is 1.63. The van der Waals surface area contributed by atoms with Crippen molar-refractivity contribution in [3.8, 4) is 0 Å². The van der Waals surface area contributed by atoms with Gasteiger partial charge in [0.2, 0.25) is 0 Å². The SMILES string of the molecule is CCC(C)(O)CN(C)C1CCC1. The van der Waals surface area contributed by atoms with Gasteiger partial charge in [-0.3, -0.25) is 0 Å². The van der Waals surface area contributed by atoms with Gasteiger partial charge in [0.05, 0.1) is 5.60 Å². The summed E-state index contributed by atoms with van der Waals surface area (Å²) in [4.78, 5) is 2.30. The van der Waals surface area contributed by atoms with E-state index in [4.69, 9.17) is 0 Å². The maximum Gasteiger partial charge on any atom is 0.0743 e. The average Bonchev–Trinajstić information content (AvgIpc) is 1.82. The van der Waals surface area contributed by atoms with Crippen LogP contribution in [0.1, 0.15) is 39.5 Å². The molecule has 1 aliphatic rings. The summed E-state index contributed by atoms with van der Waals surface area (Å²) in [6.07, 6.45) is 4.83. The Kier molecular flexibility index (Phi) is 3.13. The van der Waals surface area contributed by atoms with E-state index in [0.29, 0.717) is 0 Å². The Morgan fingerprint density at radius 3 is 2.42 bits per heavy atom. The van der Waals surface area contributed by atoms with Crippen molar-refractivity contribution in [1.82, 2.24) is 4.90 Å². The van der Waals surface area contributed by atoms with E-state index in [1.165, 1.54) is 19.3 Å². The Morgan fingerprint density at radius 1 is 1.50 bits per heavy atom. The van der Waals surface area contributed by atoms with Crippen LogP contribution in [0.4, 0.5) is 0 Å². The molecule has 1 atom stereocenters. The van der Waals surface area contributed by atoms with Gasteiger partial charge in [0.25, 0.3) is 0 Å². The van der Waals surface area contributed by atoms with Crippen molar-refractivity contribution in [2.24, 2.45) is 0 Å². The van der Waals surface area contributed by atoms with Crippen LogP contribution in [-0.2, 0) is 0 Å². The maximum absolute atomic E-state index is 9.82. The van der Waals surface area contributed by atoms with Crippen molar-refractivity contribution in [3.63, 3.8) is 0 Å². The van der Waals surface area contributed by atoms with Crippen molar-refractivity contribution in [1.29, 1.82) is 0 Å². The topological polar surface area (TPSA) is 23.5 Å². The molecule has 1 saturated carbocycles. The molecule has 0 radical (unpaired) electrons. The molecule has 2 heteroatoms. The fourth-order valence-electron chi connectivity index (χ4n) is 1.61. The largest absolute Gasteiger partial charge is 0.389 e. The molecule has 0 spiro atoms. The summed E-state index contributed by atoms with van der Waals surface area (Å²) in [5.74, 6) is 0. The van der Waals surface area contributed by atoms with Crippen LogP contribution in [0.2, 0.25) is 0 Å². The molecule has 1 unspecified atom stereocenters. The molecule has 0 saturated heterocycles. The number of aliphatic hydroxyl groups is 1. The monoisotopic (exact) mass is 171 g/mol. The minimum atomic E-state index is -0.496. The molecule has 0 aliphatic heterocycles. The Hall–Kier alpha value is -0.0800. The van der Waals surface area contributed by atoms with Gasteiger partial charge in [-0.05, 0) is 33.2 Å². The van der Waals surface area contributed by atoms with Crippen molar-refractivity contribution in [2.75, 3.05) is 13.6 Å². The van der Waals surface area contributed by atoms with Crippen molar-refractivity contribution >= 4 is 0 Å². The third kappa shape index (κ3) is 2.46. The molecule has 1 aliphatic carbocycles. The van der Waals surface area contributed by atoms with Crippen LogP contribution in [0.25, 0.3) is 0 Å². The number of hydrogen-bond donors (Lipinski definition) is 1. The van der Waals surface area contributed by atoms with E-state index in [1.54, 1.807) is 0 Å². The van der Waals surface area contributed by atoms with Crippen LogP contribution in [-0.4, -0.2) is 35.2 Å². The number of nitrogens with zero attached hydrogens (tertiary/aromatic N) is 1. The normalized spacial score (nSPS) is 23.8. The first kappa shape index (κ1) is 10.0. The minimum Gasteiger partial charge on any atom is -0.389 e. The van der Waals surface area contributed by atoms with Gasteiger partial charge in [0.15, 0.2) is 0 Å². The molecule has 0 aromatic rings. The first-order valence-electron chi connectivity index (χ1n) is 4.98. The summed E-state index contributed by atoms with van der Waals surface area (Å²) >= 11 is 0. The van der Waals surface area contributed by atoms with E-state index >= 15 is 0 Å². The minimum absolute atomic E-state index is 0.496. The van der Waals surface area contributed by atoms with E-state index in [9.17, 15) is 5.11 Å². The zero-order valence-corrected chi connectivity index (χ0v) is 8.51. The molecule has 1 fully saturated rings. The molecule has 1 N–H and O–H groups in total. The van der Waals surface area contributed by atoms with Gasteiger partial charge in [-0.25, -0.2) is 0 Å². The van der Waals surface area contributed by atoms with E-state index in [1.807, 2.05) is 13.8 Å². The quantitative estimate of drug-likeness (QED) is 0.695. The Morgan fingerprint density at radius 2 is 2.08 bits per heavy atom. The van der Waals surface area contributed by atoms with E-state index in [-0.39, 0.29) is 0 Å². The molecular formula is C10H21NO. The molecule has 0 bridgehead atoms. The third-order valence-corrected chi connectivity index (χ3v) is 3.05. The lowest BCUT2D eigenvalue weighted by Gasteiger charge is -2.38. The second-order valence-corrected chi connectivity index (χ2v) is 4.35. The summed E-state index contributed by atoms with van der Waals surface area (Å²) in [5, 5.41) is 9.82. The standard InChI is InChI=1S/C10H21NO/c1-4-10(2,12)8-11(3)9-6-5-7-9/h9,12H,4-8H2,1-3H3. The smallest absolute Gasteiger partial charge is 0.0743 e. The molecule has 1 rings (SSSR count). The fraction of sp³-hybridized carbons (Fsp3) is 1.00. The lowest BCUT2D eigenvalue weighted by atomic mass is 9.90. The van der Waals surface area contributed by atoms with Crippen LogP contribution >= 0.6 is 0 Å².